The van der Waals surface area contributed by atoms with Gasteiger partial charge in [0.2, 0.25) is 0 Å². The molecule has 5 nitrogen and oxygen atoms in total. The van der Waals surface area contributed by atoms with Crippen molar-refractivity contribution in [1.82, 2.24) is 0 Å². The van der Waals surface area contributed by atoms with Gasteiger partial charge in [-0.2, -0.15) is 0 Å². The number of rotatable bonds is 7. The smallest absolute Gasteiger partial charge is 0.264 e. The Kier molecular flexibility index (Phi) is 6.81. The molecule has 3 aromatic carbocycles. The summed E-state index contributed by atoms with van der Waals surface area (Å²) < 4.78 is 39.5. The lowest BCUT2D eigenvalue weighted by molar-refractivity contribution is 0.396. The number of halogens is 2. The lowest BCUT2D eigenvalue weighted by Crippen LogP contribution is -2.34. The van der Waals surface area contributed by atoms with E-state index in [-0.39, 0.29) is 4.90 Å². The second-order valence-electron chi connectivity index (χ2n) is 6.52. The molecule has 0 saturated carbocycles. The van der Waals surface area contributed by atoms with E-state index in [2.05, 4.69) is 0 Å². The van der Waals surface area contributed by atoms with Crippen LogP contribution in [0.2, 0.25) is 10.0 Å². The van der Waals surface area contributed by atoms with E-state index in [0.29, 0.717) is 32.8 Å². The molecule has 0 aliphatic heterocycles. The fourth-order valence-corrected chi connectivity index (χ4v) is 5.13. The Morgan fingerprint density at radius 2 is 1.57 bits per heavy atom. The number of sulfonamides is 1. The summed E-state index contributed by atoms with van der Waals surface area (Å²) >= 11 is 12.1. The third-order valence-corrected chi connectivity index (χ3v) is 7.07. The van der Waals surface area contributed by atoms with Gasteiger partial charge in [-0.15, -0.1) is 0 Å². The molecule has 158 valence electrons. The molecule has 0 fully saturated rings. The van der Waals surface area contributed by atoms with Gasteiger partial charge in [-0.1, -0.05) is 29.3 Å². The quantitative estimate of drug-likeness (QED) is 0.431. The number of nitrogens with zero attached hydrogens (tertiary/aromatic N) is 1. The summed E-state index contributed by atoms with van der Waals surface area (Å²) in [4.78, 5) is 0.112. The summed E-state index contributed by atoms with van der Waals surface area (Å²) in [5, 5.41) is 0.874. The van der Waals surface area contributed by atoms with Crippen molar-refractivity contribution in [1.29, 1.82) is 0 Å². The maximum Gasteiger partial charge on any atom is 0.264 e. The van der Waals surface area contributed by atoms with Crippen LogP contribution >= 0.6 is 23.2 Å². The predicted octanol–water partition coefficient (Wildman–Crippen LogP) is 5.97. The molecule has 0 bridgehead atoms. The normalized spacial score (nSPS) is 12.3. The van der Waals surface area contributed by atoms with Crippen molar-refractivity contribution in [3.63, 3.8) is 0 Å². The summed E-state index contributed by atoms with van der Waals surface area (Å²) in [5.74, 6) is 1.13. The monoisotopic (exact) mass is 465 g/mol. The topological polar surface area (TPSA) is 55.8 Å². The van der Waals surface area contributed by atoms with E-state index < -0.39 is 16.1 Å². The maximum atomic E-state index is 13.7. The van der Waals surface area contributed by atoms with Crippen molar-refractivity contribution in [2.45, 2.75) is 17.9 Å². The molecular weight excluding hydrogens is 445 g/mol. The number of anilines is 1. The van der Waals surface area contributed by atoms with Gasteiger partial charge in [0.15, 0.2) is 0 Å². The summed E-state index contributed by atoms with van der Waals surface area (Å²) in [6.07, 6.45) is 0. The zero-order valence-electron chi connectivity index (χ0n) is 16.7. The van der Waals surface area contributed by atoms with E-state index in [1.165, 1.54) is 23.5 Å². The molecule has 0 N–H and O–H groups in total. The number of ether oxygens (including phenoxy) is 2. The summed E-state index contributed by atoms with van der Waals surface area (Å²) in [7, 11) is -0.872. The van der Waals surface area contributed by atoms with Crippen LogP contribution in [0.15, 0.2) is 71.6 Å². The van der Waals surface area contributed by atoms with Crippen molar-refractivity contribution < 1.29 is 17.9 Å². The lowest BCUT2D eigenvalue weighted by Gasteiger charge is -2.32. The van der Waals surface area contributed by atoms with E-state index in [9.17, 15) is 8.42 Å². The molecular formula is C22H21Cl2NO4S. The van der Waals surface area contributed by atoms with Crippen LogP contribution in [0.3, 0.4) is 0 Å². The van der Waals surface area contributed by atoms with Crippen molar-refractivity contribution in [3.05, 3.63) is 82.3 Å². The Morgan fingerprint density at radius 3 is 2.17 bits per heavy atom. The Labute approximate surface area is 186 Å². The standard InChI is InChI=1S/C22H21Cl2NO4S/c1-15(21-14-19(28-2)9-12-22(21)29-3)25(18-6-4-5-17(24)13-18)30(26,27)20-10-7-16(23)8-11-20/h4-15H,1-3H3. The van der Waals surface area contributed by atoms with Crippen molar-refractivity contribution >= 4 is 38.9 Å². The Balaban J connectivity index is 2.21. The number of benzene rings is 3. The molecule has 30 heavy (non-hydrogen) atoms. The molecule has 3 rings (SSSR count). The summed E-state index contributed by atoms with van der Waals surface area (Å²) in [6.45, 7) is 1.78. The molecule has 0 aliphatic carbocycles. The first-order valence-electron chi connectivity index (χ1n) is 9.05. The van der Waals surface area contributed by atoms with Gasteiger partial charge in [0, 0.05) is 15.6 Å². The molecule has 0 saturated heterocycles. The van der Waals surface area contributed by atoms with Gasteiger partial charge in [-0.05, 0) is 67.6 Å². The minimum atomic E-state index is -3.96. The van der Waals surface area contributed by atoms with Crippen LogP contribution in [0.5, 0.6) is 11.5 Å². The maximum absolute atomic E-state index is 13.7. The Bertz CT molecular complexity index is 1130. The molecule has 0 radical (unpaired) electrons. The van der Waals surface area contributed by atoms with Crippen LogP contribution in [-0.4, -0.2) is 22.6 Å². The van der Waals surface area contributed by atoms with Crippen LogP contribution in [0, 0.1) is 0 Å². The fourth-order valence-electron chi connectivity index (χ4n) is 3.20. The SMILES string of the molecule is COc1ccc(OC)c(C(C)N(c2cccc(Cl)c2)S(=O)(=O)c2ccc(Cl)cc2)c1. The predicted molar refractivity (Wildman–Crippen MR) is 121 cm³/mol. The molecule has 8 heteroatoms. The molecule has 0 heterocycles. The minimum absolute atomic E-state index is 0.112. The third-order valence-electron chi connectivity index (χ3n) is 4.67. The second kappa shape index (κ2) is 9.16. The molecule has 0 aromatic heterocycles. The van der Waals surface area contributed by atoms with Crippen LogP contribution < -0.4 is 13.8 Å². The van der Waals surface area contributed by atoms with Crippen LogP contribution in [0.4, 0.5) is 5.69 Å². The van der Waals surface area contributed by atoms with E-state index >= 15 is 0 Å². The van der Waals surface area contributed by atoms with Crippen molar-refractivity contribution in [3.8, 4) is 11.5 Å². The zero-order valence-corrected chi connectivity index (χ0v) is 19.0. The largest absolute Gasteiger partial charge is 0.497 e. The third kappa shape index (κ3) is 4.51. The van der Waals surface area contributed by atoms with Crippen molar-refractivity contribution in [2.24, 2.45) is 0 Å². The summed E-state index contributed by atoms with van der Waals surface area (Å²) in [5.41, 5.74) is 1.07. The van der Waals surface area contributed by atoms with Gasteiger partial charge >= 0.3 is 0 Å². The zero-order chi connectivity index (χ0) is 21.9. The van der Waals surface area contributed by atoms with E-state index in [4.69, 9.17) is 32.7 Å². The van der Waals surface area contributed by atoms with E-state index in [1.807, 2.05) is 0 Å². The molecule has 0 spiro atoms. The molecule has 1 unspecified atom stereocenters. The fraction of sp³-hybridized carbons (Fsp3) is 0.182. The van der Waals surface area contributed by atoms with Crippen molar-refractivity contribution in [2.75, 3.05) is 18.5 Å². The average Bonchev–Trinajstić information content (AvgIpc) is 2.73. The van der Waals surface area contributed by atoms with Gasteiger partial charge in [-0.25, -0.2) is 8.42 Å². The highest BCUT2D eigenvalue weighted by Gasteiger charge is 2.32. The van der Waals surface area contributed by atoms with Crippen LogP contribution in [0.25, 0.3) is 0 Å². The number of hydrogen-bond acceptors (Lipinski definition) is 4. The second-order valence-corrected chi connectivity index (χ2v) is 9.21. The Morgan fingerprint density at radius 1 is 0.867 bits per heavy atom. The van der Waals surface area contributed by atoms with Crippen LogP contribution in [-0.2, 0) is 10.0 Å². The first-order chi connectivity index (χ1) is 14.3. The van der Waals surface area contributed by atoms with Gasteiger partial charge in [0.25, 0.3) is 10.0 Å². The Hall–Kier alpha value is -2.41. The van der Waals surface area contributed by atoms with Gasteiger partial charge in [0.05, 0.1) is 30.8 Å². The number of hydrogen-bond donors (Lipinski definition) is 0. The first kappa shape index (κ1) is 22.3. The average molecular weight is 466 g/mol. The highest BCUT2D eigenvalue weighted by Crippen LogP contribution is 2.39. The molecule has 1 atom stereocenters. The molecule has 0 amide bonds. The van der Waals surface area contributed by atoms with Gasteiger partial charge in [-0.3, -0.25) is 4.31 Å². The number of methoxy groups -OCH3 is 2. The highest BCUT2D eigenvalue weighted by molar-refractivity contribution is 7.92. The van der Waals surface area contributed by atoms with Gasteiger partial charge < -0.3 is 9.47 Å². The van der Waals surface area contributed by atoms with E-state index in [1.54, 1.807) is 68.6 Å². The van der Waals surface area contributed by atoms with E-state index in [0.717, 1.165) is 0 Å². The first-order valence-corrected chi connectivity index (χ1v) is 11.2. The van der Waals surface area contributed by atoms with Gasteiger partial charge in [0.1, 0.15) is 11.5 Å². The van der Waals surface area contributed by atoms with Crippen LogP contribution in [0.1, 0.15) is 18.5 Å². The molecule has 0 aliphatic rings. The highest BCUT2D eigenvalue weighted by atomic mass is 35.5. The summed E-state index contributed by atoms with van der Waals surface area (Å²) in [6, 6.07) is 17.4. The molecule has 3 aromatic rings. The lowest BCUT2D eigenvalue weighted by atomic mass is 10.1. The minimum Gasteiger partial charge on any atom is -0.497 e.